The largest absolute Gasteiger partial charge is 0.494 e. The molecule has 0 radical (unpaired) electrons. The molecule has 0 aliphatic rings. The Bertz CT molecular complexity index is 313. The Labute approximate surface area is 114 Å². The summed E-state index contributed by atoms with van der Waals surface area (Å²) < 4.78 is 16.3. The first-order chi connectivity index (χ1) is 8.76. The summed E-state index contributed by atoms with van der Waals surface area (Å²) in [5.41, 5.74) is 1.26. The maximum Gasteiger partial charge on any atom is 0.119 e. The molecule has 0 heterocycles. The maximum atomic E-state index is 5.56. The number of hydrogen-bond donors (Lipinski definition) is 0. The van der Waals surface area contributed by atoms with Crippen molar-refractivity contribution in [2.45, 2.75) is 26.4 Å². The monoisotopic (exact) mass is 270 g/mol. The van der Waals surface area contributed by atoms with E-state index in [4.69, 9.17) is 13.7 Å². The summed E-state index contributed by atoms with van der Waals surface area (Å²) in [6.45, 7) is 6.05. The van der Waals surface area contributed by atoms with Gasteiger partial charge in [0.15, 0.2) is 0 Å². The van der Waals surface area contributed by atoms with Gasteiger partial charge in [0.2, 0.25) is 0 Å². The highest BCUT2D eigenvalue weighted by atomic mass is 32.2. The number of hydrogen-bond acceptors (Lipinski definition) is 4. The lowest BCUT2D eigenvalue weighted by Gasteiger charge is -2.11. The van der Waals surface area contributed by atoms with Gasteiger partial charge in [-0.1, -0.05) is 12.1 Å². The fraction of sp³-hybridized carbons (Fsp3) is 0.571. The molecule has 0 aliphatic carbocycles. The van der Waals surface area contributed by atoms with Crippen LogP contribution in [0.15, 0.2) is 24.3 Å². The molecule has 18 heavy (non-hydrogen) atoms. The molecule has 0 saturated carbocycles. The third-order valence-corrected chi connectivity index (χ3v) is 2.90. The van der Waals surface area contributed by atoms with Crippen molar-refractivity contribution in [3.8, 4) is 5.75 Å². The first-order valence-corrected chi connectivity index (χ1v) is 7.40. The van der Waals surface area contributed by atoms with Crippen molar-refractivity contribution in [1.29, 1.82) is 0 Å². The van der Waals surface area contributed by atoms with E-state index in [0.717, 1.165) is 18.8 Å². The summed E-state index contributed by atoms with van der Waals surface area (Å²) in [7, 11) is 0. The zero-order chi connectivity index (χ0) is 13.2. The molecule has 0 bridgehead atoms. The highest BCUT2D eigenvalue weighted by Gasteiger charge is 2.01. The van der Waals surface area contributed by atoms with Crippen LogP contribution in [-0.2, 0) is 15.3 Å². The van der Waals surface area contributed by atoms with Gasteiger partial charge < -0.3 is 13.7 Å². The molecule has 0 spiro atoms. The van der Waals surface area contributed by atoms with Crippen molar-refractivity contribution >= 4 is 12.0 Å². The normalized spacial score (nSPS) is 12.4. The second-order valence-corrected chi connectivity index (χ2v) is 4.50. The van der Waals surface area contributed by atoms with Gasteiger partial charge in [-0.25, -0.2) is 0 Å². The van der Waals surface area contributed by atoms with Crippen LogP contribution in [0.5, 0.6) is 5.75 Å². The molecular weight excluding hydrogens is 248 g/mol. The van der Waals surface area contributed by atoms with Crippen molar-refractivity contribution in [2.24, 2.45) is 0 Å². The first-order valence-electron chi connectivity index (χ1n) is 6.25. The van der Waals surface area contributed by atoms with Gasteiger partial charge >= 0.3 is 0 Å². The van der Waals surface area contributed by atoms with Crippen molar-refractivity contribution in [3.05, 3.63) is 29.8 Å². The predicted octanol–water partition coefficient (Wildman–Crippen LogP) is 3.33. The Hall–Kier alpha value is -0.710. The molecule has 1 rings (SSSR count). The quantitative estimate of drug-likeness (QED) is 0.508. The fourth-order valence-electron chi connectivity index (χ4n) is 1.55. The highest BCUT2D eigenvalue weighted by molar-refractivity contribution is 7.93. The summed E-state index contributed by atoms with van der Waals surface area (Å²) in [6, 6.07) is 8.16. The van der Waals surface area contributed by atoms with Gasteiger partial charge in [0, 0.05) is 6.26 Å². The topological polar surface area (TPSA) is 27.7 Å². The highest BCUT2D eigenvalue weighted by Crippen LogP contribution is 2.12. The van der Waals surface area contributed by atoms with E-state index < -0.39 is 0 Å². The van der Waals surface area contributed by atoms with E-state index in [1.807, 2.05) is 32.2 Å². The summed E-state index contributed by atoms with van der Waals surface area (Å²) in [4.78, 5) is 0. The lowest BCUT2D eigenvalue weighted by molar-refractivity contribution is 0.0704. The smallest absolute Gasteiger partial charge is 0.119 e. The average molecular weight is 270 g/mol. The van der Waals surface area contributed by atoms with Gasteiger partial charge in [-0.2, -0.15) is 0 Å². The number of rotatable bonds is 9. The second kappa shape index (κ2) is 9.25. The molecule has 1 unspecified atom stereocenters. The van der Waals surface area contributed by atoms with E-state index in [-0.39, 0.29) is 6.10 Å². The van der Waals surface area contributed by atoms with Crippen LogP contribution in [0.3, 0.4) is 0 Å². The Morgan fingerprint density at radius 2 is 1.94 bits per heavy atom. The van der Waals surface area contributed by atoms with Gasteiger partial charge in [0.1, 0.15) is 5.75 Å². The molecule has 0 saturated heterocycles. The molecule has 102 valence electrons. The third-order valence-electron chi connectivity index (χ3n) is 2.38. The lowest BCUT2D eigenvalue weighted by Crippen LogP contribution is -2.14. The van der Waals surface area contributed by atoms with E-state index in [2.05, 4.69) is 12.1 Å². The minimum absolute atomic E-state index is 0.139. The Balaban J connectivity index is 2.19. The van der Waals surface area contributed by atoms with Gasteiger partial charge in [-0.3, -0.25) is 0 Å². The Morgan fingerprint density at radius 3 is 2.56 bits per heavy atom. The van der Waals surface area contributed by atoms with Crippen LogP contribution in [0, 0.1) is 0 Å². The SMILES string of the molecule is CCOc1ccc(CCOCC(C)OSC)cc1. The molecular formula is C14H22O3S. The van der Waals surface area contributed by atoms with E-state index in [1.54, 1.807) is 0 Å². The molecule has 0 amide bonds. The third kappa shape index (κ3) is 6.28. The molecule has 0 N–H and O–H groups in total. The van der Waals surface area contributed by atoms with Crippen LogP contribution in [0.25, 0.3) is 0 Å². The molecule has 1 aromatic rings. The van der Waals surface area contributed by atoms with Crippen LogP contribution in [-0.4, -0.2) is 32.2 Å². The zero-order valence-electron chi connectivity index (χ0n) is 11.3. The predicted molar refractivity (Wildman–Crippen MR) is 76.2 cm³/mol. The summed E-state index contributed by atoms with van der Waals surface area (Å²) in [6.07, 6.45) is 2.97. The van der Waals surface area contributed by atoms with Crippen LogP contribution >= 0.6 is 12.0 Å². The van der Waals surface area contributed by atoms with Crippen LogP contribution in [0.2, 0.25) is 0 Å². The van der Waals surface area contributed by atoms with Crippen molar-refractivity contribution < 1.29 is 13.7 Å². The molecule has 3 nitrogen and oxygen atoms in total. The van der Waals surface area contributed by atoms with Crippen molar-refractivity contribution in [2.75, 3.05) is 26.1 Å². The van der Waals surface area contributed by atoms with Gasteiger partial charge in [0.05, 0.1) is 25.9 Å². The number of ether oxygens (including phenoxy) is 2. The standard InChI is InChI=1S/C14H22O3S/c1-4-16-14-7-5-13(6-8-14)9-10-15-11-12(2)17-18-3/h5-8,12H,4,9-11H2,1-3H3. The summed E-state index contributed by atoms with van der Waals surface area (Å²) in [5.74, 6) is 0.921. The van der Waals surface area contributed by atoms with E-state index in [9.17, 15) is 0 Å². The van der Waals surface area contributed by atoms with Crippen LogP contribution < -0.4 is 4.74 Å². The molecule has 1 aromatic carbocycles. The van der Waals surface area contributed by atoms with Gasteiger partial charge in [-0.15, -0.1) is 0 Å². The maximum absolute atomic E-state index is 5.56. The van der Waals surface area contributed by atoms with Crippen LogP contribution in [0.1, 0.15) is 19.4 Å². The zero-order valence-corrected chi connectivity index (χ0v) is 12.2. The minimum atomic E-state index is 0.139. The molecule has 0 aromatic heterocycles. The molecule has 1 atom stereocenters. The van der Waals surface area contributed by atoms with Crippen molar-refractivity contribution in [1.82, 2.24) is 0 Å². The Kier molecular flexibility index (Phi) is 7.89. The second-order valence-electron chi connectivity index (χ2n) is 3.98. The summed E-state index contributed by atoms with van der Waals surface area (Å²) in [5, 5.41) is 0. The van der Waals surface area contributed by atoms with Gasteiger partial charge in [-0.05, 0) is 50.0 Å². The summed E-state index contributed by atoms with van der Waals surface area (Å²) >= 11 is 1.38. The van der Waals surface area contributed by atoms with E-state index in [0.29, 0.717) is 13.2 Å². The van der Waals surface area contributed by atoms with Crippen molar-refractivity contribution in [3.63, 3.8) is 0 Å². The van der Waals surface area contributed by atoms with Crippen LogP contribution in [0.4, 0.5) is 0 Å². The van der Waals surface area contributed by atoms with E-state index in [1.165, 1.54) is 17.6 Å². The number of benzene rings is 1. The lowest BCUT2D eigenvalue weighted by atomic mass is 10.1. The first kappa shape index (κ1) is 15.3. The molecule has 4 heteroatoms. The fourth-order valence-corrected chi connectivity index (χ4v) is 1.93. The van der Waals surface area contributed by atoms with E-state index >= 15 is 0 Å². The molecule has 0 fully saturated rings. The Morgan fingerprint density at radius 1 is 1.22 bits per heavy atom. The minimum Gasteiger partial charge on any atom is -0.494 e. The van der Waals surface area contributed by atoms with Gasteiger partial charge in [0.25, 0.3) is 0 Å². The average Bonchev–Trinajstić information content (AvgIpc) is 2.37. The molecule has 0 aliphatic heterocycles.